The number of hydrogen-bond acceptors (Lipinski definition) is 4. The highest BCUT2D eigenvalue weighted by Crippen LogP contribution is 2.22. The van der Waals surface area contributed by atoms with Gasteiger partial charge in [0.2, 0.25) is 0 Å². The third-order valence-electron chi connectivity index (χ3n) is 2.80. The molecule has 2 N–H and O–H groups in total. The Labute approximate surface area is 98.8 Å². The summed E-state index contributed by atoms with van der Waals surface area (Å²) in [7, 11) is 0. The highest BCUT2D eigenvalue weighted by molar-refractivity contribution is 7.15. The van der Waals surface area contributed by atoms with Gasteiger partial charge in [-0.2, -0.15) is 0 Å². The van der Waals surface area contributed by atoms with Crippen molar-refractivity contribution in [2.45, 2.75) is 20.8 Å². The Kier molecular flexibility index (Phi) is 3.07. The summed E-state index contributed by atoms with van der Waals surface area (Å²) in [6.45, 7) is 7.47. The summed E-state index contributed by atoms with van der Waals surface area (Å²) < 4.78 is 0. The number of nitrogens with zero attached hydrogens (tertiary/aromatic N) is 1. The highest BCUT2D eigenvalue weighted by Gasteiger charge is 2.17. The molecule has 1 aromatic heterocycles. The summed E-state index contributed by atoms with van der Waals surface area (Å²) in [6, 6.07) is 0. The predicted octanol–water partition coefficient (Wildman–Crippen LogP) is 1.62. The zero-order valence-corrected chi connectivity index (χ0v) is 10.5. The average Bonchev–Trinajstić information content (AvgIpc) is 2.42. The molecule has 0 atom stereocenters. The minimum atomic E-state index is -0.0368. The van der Waals surface area contributed by atoms with Gasteiger partial charge in [-0.3, -0.25) is 10.1 Å². The predicted molar refractivity (Wildman–Crippen MR) is 65.8 cm³/mol. The average molecular weight is 237 g/mol. The number of amides is 1. The van der Waals surface area contributed by atoms with Gasteiger partial charge >= 0.3 is 0 Å². The molecule has 0 unspecified atom stereocenters. The molecule has 5 heteroatoms. The quantitative estimate of drug-likeness (QED) is 0.768. The van der Waals surface area contributed by atoms with Gasteiger partial charge in [-0.15, -0.1) is 11.3 Å². The van der Waals surface area contributed by atoms with Gasteiger partial charge in [0.05, 0.1) is 5.69 Å². The van der Waals surface area contributed by atoms with Crippen molar-refractivity contribution in [3.05, 3.63) is 21.7 Å². The molecular formula is C11H15N3OS. The first-order valence-electron chi connectivity index (χ1n) is 5.22. The number of carbonyl (C=O) groups excluding carboxylic acids is 1. The Morgan fingerprint density at radius 3 is 2.56 bits per heavy atom. The maximum atomic E-state index is 11.8. The van der Waals surface area contributed by atoms with Crippen LogP contribution < -0.4 is 10.6 Å². The number of nitrogens with one attached hydrogen (secondary N) is 2. The van der Waals surface area contributed by atoms with Crippen LogP contribution in [0.3, 0.4) is 0 Å². The molecule has 2 heterocycles. The zero-order chi connectivity index (χ0) is 11.7. The first-order chi connectivity index (χ1) is 7.58. The number of hydrogen-bond donors (Lipinski definition) is 2. The first kappa shape index (κ1) is 11.3. The monoisotopic (exact) mass is 237 g/mol. The normalized spacial score (nSPS) is 14.6. The van der Waals surface area contributed by atoms with Gasteiger partial charge in [0, 0.05) is 23.5 Å². The lowest BCUT2D eigenvalue weighted by Gasteiger charge is -2.21. The van der Waals surface area contributed by atoms with Crippen LogP contribution in [0.1, 0.15) is 17.5 Å². The number of aryl methyl sites for hydroxylation is 2. The lowest BCUT2D eigenvalue weighted by Crippen LogP contribution is -2.36. The van der Waals surface area contributed by atoms with E-state index in [0.717, 1.165) is 29.2 Å². The van der Waals surface area contributed by atoms with Crippen molar-refractivity contribution in [1.82, 2.24) is 10.3 Å². The van der Waals surface area contributed by atoms with Crippen LogP contribution in [-0.4, -0.2) is 24.0 Å². The second-order valence-electron chi connectivity index (χ2n) is 3.95. The van der Waals surface area contributed by atoms with E-state index in [1.807, 2.05) is 20.8 Å². The van der Waals surface area contributed by atoms with E-state index >= 15 is 0 Å². The van der Waals surface area contributed by atoms with Crippen LogP contribution in [0.5, 0.6) is 0 Å². The fourth-order valence-corrected chi connectivity index (χ4v) is 2.20. The van der Waals surface area contributed by atoms with Crippen LogP contribution in [0.25, 0.3) is 0 Å². The van der Waals surface area contributed by atoms with Gasteiger partial charge in [-0.25, -0.2) is 4.98 Å². The van der Waals surface area contributed by atoms with Crippen LogP contribution in [0.4, 0.5) is 5.13 Å². The fraction of sp³-hybridized carbons (Fsp3) is 0.455. The van der Waals surface area contributed by atoms with E-state index in [1.54, 1.807) is 0 Å². The third kappa shape index (κ3) is 2.15. The smallest absolute Gasteiger partial charge is 0.253 e. The lowest BCUT2D eigenvalue weighted by molar-refractivity contribution is -0.112. The SMILES string of the molecule is CC(C(=O)Nc1nc(C)c(C)s1)=C1CNC1. The molecular weight excluding hydrogens is 222 g/mol. The molecule has 1 aliphatic heterocycles. The molecule has 0 aromatic carbocycles. The number of thiazole rings is 1. The van der Waals surface area contributed by atoms with Crippen LogP contribution in [0.2, 0.25) is 0 Å². The molecule has 0 spiro atoms. The fourth-order valence-electron chi connectivity index (χ4n) is 1.39. The molecule has 0 aliphatic carbocycles. The summed E-state index contributed by atoms with van der Waals surface area (Å²) in [6.07, 6.45) is 0. The molecule has 2 rings (SSSR count). The van der Waals surface area contributed by atoms with Crippen molar-refractivity contribution in [3.8, 4) is 0 Å². The molecule has 1 aliphatic rings. The van der Waals surface area contributed by atoms with E-state index in [-0.39, 0.29) is 5.91 Å². The van der Waals surface area contributed by atoms with Crippen LogP contribution in [0.15, 0.2) is 11.1 Å². The molecule has 0 radical (unpaired) electrons. The summed E-state index contributed by atoms with van der Waals surface area (Å²) in [5.41, 5.74) is 2.97. The Morgan fingerprint density at radius 2 is 2.12 bits per heavy atom. The van der Waals surface area contributed by atoms with Gasteiger partial charge in [0.1, 0.15) is 0 Å². The van der Waals surface area contributed by atoms with E-state index in [2.05, 4.69) is 15.6 Å². The molecule has 1 aromatic rings. The van der Waals surface area contributed by atoms with Gasteiger partial charge < -0.3 is 5.32 Å². The lowest BCUT2D eigenvalue weighted by atomic mass is 10.0. The van der Waals surface area contributed by atoms with Crippen molar-refractivity contribution >= 4 is 22.4 Å². The van der Waals surface area contributed by atoms with E-state index in [4.69, 9.17) is 0 Å². The van der Waals surface area contributed by atoms with Gasteiger partial charge in [0.25, 0.3) is 5.91 Å². The molecule has 16 heavy (non-hydrogen) atoms. The van der Waals surface area contributed by atoms with E-state index < -0.39 is 0 Å². The summed E-state index contributed by atoms with van der Waals surface area (Å²) in [4.78, 5) is 17.3. The van der Waals surface area contributed by atoms with Gasteiger partial charge in [-0.1, -0.05) is 0 Å². The van der Waals surface area contributed by atoms with Gasteiger partial charge in [0.15, 0.2) is 5.13 Å². The minimum Gasteiger partial charge on any atom is -0.309 e. The number of aromatic nitrogens is 1. The van der Waals surface area contributed by atoms with Crippen LogP contribution in [0, 0.1) is 13.8 Å². The topological polar surface area (TPSA) is 54.0 Å². The Hall–Kier alpha value is -1.20. The van der Waals surface area contributed by atoms with Crippen molar-refractivity contribution < 1.29 is 4.79 Å². The molecule has 4 nitrogen and oxygen atoms in total. The number of rotatable bonds is 2. The van der Waals surface area contributed by atoms with Crippen molar-refractivity contribution in [1.29, 1.82) is 0 Å². The molecule has 1 fully saturated rings. The van der Waals surface area contributed by atoms with E-state index in [0.29, 0.717) is 5.13 Å². The molecule has 0 saturated carbocycles. The highest BCUT2D eigenvalue weighted by atomic mass is 32.1. The summed E-state index contributed by atoms with van der Waals surface area (Å²) in [5.74, 6) is -0.0368. The Balaban J connectivity index is 2.07. The van der Waals surface area contributed by atoms with Crippen molar-refractivity contribution in [3.63, 3.8) is 0 Å². The van der Waals surface area contributed by atoms with E-state index in [9.17, 15) is 4.79 Å². The Bertz CT molecular complexity index is 436. The van der Waals surface area contributed by atoms with Crippen LogP contribution >= 0.6 is 11.3 Å². The second kappa shape index (κ2) is 4.35. The maximum Gasteiger partial charge on any atom is 0.253 e. The summed E-state index contributed by atoms with van der Waals surface area (Å²) >= 11 is 1.52. The minimum absolute atomic E-state index is 0.0368. The third-order valence-corrected chi connectivity index (χ3v) is 3.78. The Morgan fingerprint density at radius 1 is 1.44 bits per heavy atom. The number of carbonyl (C=O) groups is 1. The molecule has 86 valence electrons. The van der Waals surface area contributed by atoms with Crippen molar-refractivity contribution in [2.75, 3.05) is 18.4 Å². The largest absolute Gasteiger partial charge is 0.309 e. The standard InChI is InChI=1S/C11H15N3OS/c1-6(9-4-12-5-9)10(15)14-11-13-7(2)8(3)16-11/h12H,4-5H2,1-3H3,(H,13,14,15). The van der Waals surface area contributed by atoms with Crippen molar-refractivity contribution in [2.24, 2.45) is 0 Å². The number of anilines is 1. The molecule has 0 bridgehead atoms. The maximum absolute atomic E-state index is 11.8. The van der Waals surface area contributed by atoms with Crippen LogP contribution in [-0.2, 0) is 4.79 Å². The molecule has 1 saturated heterocycles. The van der Waals surface area contributed by atoms with Gasteiger partial charge in [-0.05, 0) is 26.3 Å². The first-order valence-corrected chi connectivity index (χ1v) is 6.04. The molecule has 1 amide bonds. The summed E-state index contributed by atoms with van der Waals surface area (Å²) in [5, 5.41) is 6.65. The second-order valence-corrected chi connectivity index (χ2v) is 5.15. The van der Waals surface area contributed by atoms with E-state index in [1.165, 1.54) is 16.9 Å². The zero-order valence-electron chi connectivity index (χ0n) is 9.68.